The molecule has 1 amide bonds. The summed E-state index contributed by atoms with van der Waals surface area (Å²) in [5, 5.41) is 4.04. The molecule has 2 aliphatic rings. The van der Waals surface area contributed by atoms with E-state index in [2.05, 4.69) is 62.5 Å². The molecule has 5 rings (SSSR count). The molecule has 0 saturated carbocycles. The van der Waals surface area contributed by atoms with Crippen LogP contribution in [0.1, 0.15) is 42.3 Å². The van der Waals surface area contributed by atoms with Crippen LogP contribution in [0.25, 0.3) is 5.70 Å². The second kappa shape index (κ2) is 20.9. The molecule has 1 aromatic heterocycles. The maximum absolute atomic E-state index is 13.4. The molecule has 0 aliphatic carbocycles. The summed E-state index contributed by atoms with van der Waals surface area (Å²) < 4.78 is 50.3. The Labute approximate surface area is 248 Å². The van der Waals surface area contributed by atoms with Crippen LogP contribution in [0, 0.1) is 33.3 Å². The van der Waals surface area contributed by atoms with E-state index in [1.807, 2.05) is 60.5 Å². The summed E-state index contributed by atoms with van der Waals surface area (Å²) >= 11 is 1.22. The molecule has 1 saturated heterocycles. The van der Waals surface area contributed by atoms with Gasteiger partial charge in [-0.25, -0.2) is 0 Å². The molecule has 41 heavy (non-hydrogen) atoms. The van der Waals surface area contributed by atoms with Gasteiger partial charge in [0, 0.05) is 0 Å². The van der Waals surface area contributed by atoms with Crippen molar-refractivity contribution in [3.63, 3.8) is 0 Å². The van der Waals surface area contributed by atoms with Crippen molar-refractivity contribution in [2.24, 2.45) is 0 Å². The number of hydrogen-bond donors (Lipinski definition) is 0. The van der Waals surface area contributed by atoms with Gasteiger partial charge in [-0.15, -0.1) is 0 Å². The van der Waals surface area contributed by atoms with E-state index in [-0.39, 0.29) is 18.0 Å². The molecule has 11 heteroatoms. The van der Waals surface area contributed by atoms with E-state index >= 15 is 0 Å². The maximum atomic E-state index is 13.4. The van der Waals surface area contributed by atoms with Crippen LogP contribution >= 0.6 is 0 Å². The van der Waals surface area contributed by atoms with Crippen molar-refractivity contribution in [3.8, 4) is 0 Å². The summed E-state index contributed by atoms with van der Waals surface area (Å²) in [6, 6.07) is 23.9. The zero-order valence-corrected chi connectivity index (χ0v) is 24.6. The fraction of sp³-hybridized carbons (Fsp3) is 0.167. The number of amides is 1. The number of fused-ring (bicyclic) bond motifs is 1. The number of hydrogen-bond acceptors (Lipinski definition) is 4. The molecule has 0 radical (unpaired) electrons. The van der Waals surface area contributed by atoms with Gasteiger partial charge in [-0.1, -0.05) is 0 Å². The van der Waals surface area contributed by atoms with Crippen LogP contribution in [0.5, 0.6) is 0 Å². The molecule has 10 nitrogen and oxygen atoms in total. The van der Waals surface area contributed by atoms with Crippen LogP contribution in [0.15, 0.2) is 89.0 Å². The van der Waals surface area contributed by atoms with E-state index in [0.717, 1.165) is 32.2 Å². The van der Waals surface area contributed by atoms with E-state index < -0.39 is 0 Å². The number of hydrazine groups is 1. The predicted octanol–water partition coefficient (Wildman–Crippen LogP) is 4.46. The van der Waals surface area contributed by atoms with Crippen molar-refractivity contribution in [2.45, 2.75) is 25.4 Å². The Hall–Kier alpha value is -3.89. The fourth-order valence-corrected chi connectivity index (χ4v) is 5.65. The summed E-state index contributed by atoms with van der Waals surface area (Å²) in [7, 11) is 0. The van der Waals surface area contributed by atoms with Gasteiger partial charge in [-0.2, -0.15) is 0 Å². The van der Waals surface area contributed by atoms with Gasteiger partial charge in [0.2, 0.25) is 0 Å². The van der Waals surface area contributed by atoms with Crippen molar-refractivity contribution >= 4 is 15.7 Å². The predicted molar refractivity (Wildman–Crippen MR) is 134 cm³/mol. The van der Waals surface area contributed by atoms with Gasteiger partial charge in [0.15, 0.2) is 0 Å². The van der Waals surface area contributed by atoms with E-state index in [1.165, 1.54) is 19.4 Å². The first-order valence-corrected chi connectivity index (χ1v) is 12.9. The van der Waals surface area contributed by atoms with Crippen LogP contribution in [-0.4, -0.2) is 26.6 Å². The third-order valence-corrected chi connectivity index (χ3v) is 6.91. The minimum atomic E-state index is -0.235. The minimum absolute atomic E-state index is 0.0792. The SMILES string of the molecule is CCO[C](=[W])C1=C(c2ccccc2)N2C(=O)C[C@@H](c3ccccc3)N2[C@H]1c1ccco1.[C-]#[O+].[C-]#[O+].[C-]#[O+].[C-]#[O+].[C-]#[O+]. The monoisotopic (exact) mass is 722 g/mol. The molecule has 2 aromatic carbocycles. The average molecular weight is 722 g/mol. The van der Waals surface area contributed by atoms with Gasteiger partial charge < -0.3 is 0 Å². The summed E-state index contributed by atoms with van der Waals surface area (Å²) in [5.74, 6) is 0.888. The number of nitrogens with zero attached hydrogens (tertiary/aromatic N) is 2. The Morgan fingerprint density at radius 3 is 1.90 bits per heavy atom. The molecule has 0 spiro atoms. The fourth-order valence-electron chi connectivity index (χ4n) is 4.48. The van der Waals surface area contributed by atoms with Crippen LogP contribution in [-0.2, 0) is 52.1 Å². The Bertz CT molecular complexity index is 1330. The Kier molecular flexibility index (Phi) is 18.9. The number of carbonyl (C=O) groups is 1. The van der Waals surface area contributed by atoms with Gasteiger partial charge in [-0.3, -0.25) is 0 Å². The van der Waals surface area contributed by atoms with Gasteiger partial charge in [0.25, 0.3) is 0 Å². The quantitative estimate of drug-likeness (QED) is 0.273. The first-order chi connectivity index (χ1) is 20.2. The zero-order chi connectivity index (χ0) is 31.4. The van der Waals surface area contributed by atoms with Gasteiger partial charge >= 0.3 is 249 Å². The van der Waals surface area contributed by atoms with Crippen molar-refractivity contribution in [1.82, 2.24) is 10.0 Å². The molecule has 0 unspecified atom stereocenters. The van der Waals surface area contributed by atoms with Crippen LogP contribution in [0.4, 0.5) is 0 Å². The number of benzene rings is 2. The van der Waals surface area contributed by atoms with Crippen LogP contribution in [0.3, 0.4) is 0 Å². The molecule has 3 heterocycles. The first-order valence-electron chi connectivity index (χ1n) is 11.4. The number of ether oxygens (including phenoxy) is 1. The molecular formula is C30H22N2O8W. The van der Waals surface area contributed by atoms with Gasteiger partial charge in [0.1, 0.15) is 0 Å². The van der Waals surface area contributed by atoms with E-state index in [0.29, 0.717) is 13.0 Å². The van der Waals surface area contributed by atoms with Crippen molar-refractivity contribution < 1.29 is 56.6 Å². The van der Waals surface area contributed by atoms with E-state index in [1.54, 1.807) is 6.26 Å². The second-order valence-corrected chi connectivity index (χ2v) is 8.82. The first kappa shape index (κ1) is 37.1. The molecule has 0 bridgehead atoms. The molecule has 0 N–H and O–H groups in total. The Balaban J connectivity index is 0.00000145. The van der Waals surface area contributed by atoms with Gasteiger partial charge in [0.05, 0.1) is 0 Å². The third-order valence-electron chi connectivity index (χ3n) is 5.70. The zero-order valence-electron chi connectivity index (χ0n) is 21.6. The summed E-state index contributed by atoms with van der Waals surface area (Å²) in [4.78, 5) is 13.4. The topological polar surface area (TPSA) is 145 Å². The molecule has 2 atom stereocenters. The van der Waals surface area contributed by atoms with Crippen molar-refractivity contribution in [1.29, 1.82) is 0 Å². The molecule has 206 valence electrons. The van der Waals surface area contributed by atoms with Crippen molar-refractivity contribution in [3.05, 3.63) is 135 Å². The normalized spacial score (nSPS) is 16.2. The number of furan rings is 1. The van der Waals surface area contributed by atoms with Crippen molar-refractivity contribution in [2.75, 3.05) is 6.61 Å². The van der Waals surface area contributed by atoms with Crippen LogP contribution < -0.4 is 0 Å². The molecule has 2 aliphatic heterocycles. The van der Waals surface area contributed by atoms with Crippen LogP contribution in [0.2, 0.25) is 0 Å². The number of rotatable bonds is 6. The van der Waals surface area contributed by atoms with Gasteiger partial charge in [-0.05, 0) is 0 Å². The van der Waals surface area contributed by atoms with E-state index in [9.17, 15) is 4.79 Å². The second-order valence-electron chi connectivity index (χ2n) is 7.48. The molecule has 3 aromatic rings. The standard InChI is InChI=1S/C25H22N2O3.5CO.W/c1-2-29-17-20-24(19-12-7-4-8-13-19)27-23(28)16-21(18-10-5-3-6-11-18)26(27)25(20)22-14-9-15-30-22;5*1-2;/h3-15,21,25H,2,16H2,1H3;;;;;;/t21-,25+;;;;;;/m0....../s1. The number of carbonyl (C=O) groups excluding carboxylic acids is 1. The third kappa shape index (κ3) is 8.55. The van der Waals surface area contributed by atoms with E-state index in [4.69, 9.17) is 32.4 Å². The summed E-state index contributed by atoms with van der Waals surface area (Å²) in [5.41, 5.74) is 4.01. The Morgan fingerprint density at radius 2 is 1.41 bits per heavy atom. The molecule has 1 fully saturated rings. The molecular weight excluding hydrogens is 700 g/mol. The average Bonchev–Trinajstić information content (AvgIpc) is 3.80. The Morgan fingerprint density at radius 1 is 0.878 bits per heavy atom. The summed E-state index contributed by atoms with van der Waals surface area (Å²) in [6.45, 7) is 25.1. The summed E-state index contributed by atoms with van der Waals surface area (Å²) in [6.07, 6.45) is 2.11.